The SMILES string of the molecule is NC1COCC1C(=O)NCc1ccc(OC(F)(F)F)cc1. The molecule has 1 heterocycles. The second kappa shape index (κ2) is 6.31. The minimum atomic E-state index is -4.71. The van der Waals surface area contributed by atoms with Gasteiger partial charge in [0.05, 0.1) is 19.1 Å². The molecule has 0 radical (unpaired) electrons. The Morgan fingerprint density at radius 1 is 1.33 bits per heavy atom. The number of rotatable bonds is 4. The molecule has 0 spiro atoms. The highest BCUT2D eigenvalue weighted by atomic mass is 19.4. The summed E-state index contributed by atoms with van der Waals surface area (Å²) in [4.78, 5) is 11.8. The van der Waals surface area contributed by atoms with Gasteiger partial charge < -0.3 is 20.5 Å². The molecule has 2 rings (SSSR count). The molecule has 2 atom stereocenters. The second-order valence-electron chi connectivity index (χ2n) is 4.72. The fourth-order valence-corrected chi connectivity index (χ4v) is 1.97. The molecule has 0 bridgehead atoms. The fraction of sp³-hybridized carbons (Fsp3) is 0.462. The van der Waals surface area contributed by atoms with E-state index in [0.717, 1.165) is 0 Å². The third-order valence-corrected chi connectivity index (χ3v) is 3.08. The predicted molar refractivity (Wildman–Crippen MR) is 67.3 cm³/mol. The van der Waals surface area contributed by atoms with Gasteiger partial charge in [-0.15, -0.1) is 13.2 Å². The highest BCUT2D eigenvalue weighted by Gasteiger charge is 2.31. The number of carbonyl (C=O) groups is 1. The van der Waals surface area contributed by atoms with Gasteiger partial charge in [-0.05, 0) is 17.7 Å². The number of hydrogen-bond acceptors (Lipinski definition) is 4. The molecule has 0 aliphatic carbocycles. The zero-order chi connectivity index (χ0) is 15.5. The lowest BCUT2D eigenvalue weighted by Crippen LogP contribution is -2.40. The maximum absolute atomic E-state index is 12.0. The first-order valence-corrected chi connectivity index (χ1v) is 6.31. The average molecular weight is 304 g/mol. The second-order valence-corrected chi connectivity index (χ2v) is 4.72. The number of alkyl halides is 3. The molecule has 1 amide bonds. The van der Waals surface area contributed by atoms with E-state index in [1.54, 1.807) is 0 Å². The highest BCUT2D eigenvalue weighted by molar-refractivity contribution is 5.79. The Morgan fingerprint density at radius 3 is 2.52 bits per heavy atom. The Hall–Kier alpha value is -1.80. The Labute approximate surface area is 119 Å². The summed E-state index contributed by atoms with van der Waals surface area (Å²) < 4.78 is 44.9. The van der Waals surface area contributed by atoms with Crippen molar-refractivity contribution in [2.45, 2.75) is 18.9 Å². The van der Waals surface area contributed by atoms with Crippen molar-refractivity contribution in [1.82, 2.24) is 5.32 Å². The van der Waals surface area contributed by atoms with Gasteiger partial charge >= 0.3 is 6.36 Å². The molecule has 1 fully saturated rings. The molecule has 2 unspecified atom stereocenters. The monoisotopic (exact) mass is 304 g/mol. The molecule has 1 aromatic carbocycles. The lowest BCUT2D eigenvalue weighted by atomic mass is 10.0. The van der Waals surface area contributed by atoms with Gasteiger partial charge in [-0.2, -0.15) is 0 Å². The molecule has 5 nitrogen and oxygen atoms in total. The standard InChI is InChI=1S/C13H15F3N2O3/c14-13(15,16)21-9-3-1-8(2-4-9)5-18-12(19)10-6-20-7-11(10)17/h1-4,10-11H,5-7,17H2,(H,18,19). The van der Waals surface area contributed by atoms with Gasteiger partial charge in [0.15, 0.2) is 0 Å². The molecular weight excluding hydrogens is 289 g/mol. The van der Waals surface area contributed by atoms with Crippen LogP contribution < -0.4 is 15.8 Å². The van der Waals surface area contributed by atoms with Crippen molar-refractivity contribution in [3.8, 4) is 5.75 Å². The molecule has 21 heavy (non-hydrogen) atoms. The van der Waals surface area contributed by atoms with Crippen LogP contribution >= 0.6 is 0 Å². The number of amides is 1. The largest absolute Gasteiger partial charge is 0.573 e. The summed E-state index contributed by atoms with van der Waals surface area (Å²) in [7, 11) is 0. The molecule has 0 aromatic heterocycles. The van der Waals surface area contributed by atoms with Gasteiger partial charge in [0.2, 0.25) is 5.91 Å². The van der Waals surface area contributed by atoms with Crippen molar-refractivity contribution in [1.29, 1.82) is 0 Å². The Morgan fingerprint density at radius 2 is 2.00 bits per heavy atom. The molecular formula is C13H15F3N2O3. The summed E-state index contributed by atoms with van der Waals surface area (Å²) in [6, 6.07) is 4.96. The smallest absolute Gasteiger partial charge is 0.406 e. The molecule has 0 saturated carbocycles. The highest BCUT2D eigenvalue weighted by Crippen LogP contribution is 2.22. The zero-order valence-corrected chi connectivity index (χ0v) is 11.0. The minimum absolute atomic E-state index is 0.203. The summed E-state index contributed by atoms with van der Waals surface area (Å²) >= 11 is 0. The third kappa shape index (κ3) is 4.61. The Kier molecular flexibility index (Phi) is 4.69. The number of halogens is 3. The van der Waals surface area contributed by atoms with Gasteiger partial charge in [-0.3, -0.25) is 4.79 Å². The Balaban J connectivity index is 1.85. The molecule has 1 aromatic rings. The van der Waals surface area contributed by atoms with E-state index in [0.29, 0.717) is 12.2 Å². The molecule has 3 N–H and O–H groups in total. The average Bonchev–Trinajstić information content (AvgIpc) is 2.82. The van der Waals surface area contributed by atoms with Crippen molar-refractivity contribution >= 4 is 5.91 Å². The van der Waals surface area contributed by atoms with Crippen LogP contribution in [0.2, 0.25) is 0 Å². The maximum atomic E-state index is 12.0. The van der Waals surface area contributed by atoms with E-state index in [9.17, 15) is 18.0 Å². The van der Waals surface area contributed by atoms with E-state index in [1.807, 2.05) is 0 Å². The molecule has 1 aliphatic heterocycles. The predicted octanol–water partition coefficient (Wildman–Crippen LogP) is 1.18. The quantitative estimate of drug-likeness (QED) is 0.876. The van der Waals surface area contributed by atoms with E-state index in [-0.39, 0.29) is 30.9 Å². The minimum Gasteiger partial charge on any atom is -0.406 e. The van der Waals surface area contributed by atoms with Crippen molar-refractivity contribution in [2.24, 2.45) is 11.7 Å². The first-order valence-electron chi connectivity index (χ1n) is 6.31. The van der Waals surface area contributed by atoms with Crippen LogP contribution in [-0.4, -0.2) is 31.5 Å². The molecule has 1 aliphatic rings. The van der Waals surface area contributed by atoms with Crippen LogP contribution in [0.1, 0.15) is 5.56 Å². The number of carbonyl (C=O) groups excluding carboxylic acids is 1. The fourth-order valence-electron chi connectivity index (χ4n) is 1.97. The van der Waals surface area contributed by atoms with Crippen LogP contribution in [0.25, 0.3) is 0 Å². The van der Waals surface area contributed by atoms with Crippen LogP contribution in [0.3, 0.4) is 0 Å². The number of nitrogens with two attached hydrogens (primary N) is 1. The van der Waals surface area contributed by atoms with E-state index in [1.165, 1.54) is 24.3 Å². The van der Waals surface area contributed by atoms with Crippen molar-refractivity contribution in [2.75, 3.05) is 13.2 Å². The van der Waals surface area contributed by atoms with Crippen LogP contribution in [0.15, 0.2) is 24.3 Å². The number of benzene rings is 1. The first kappa shape index (κ1) is 15.6. The lowest BCUT2D eigenvalue weighted by molar-refractivity contribution is -0.274. The maximum Gasteiger partial charge on any atom is 0.573 e. The van der Waals surface area contributed by atoms with E-state index in [2.05, 4.69) is 10.1 Å². The van der Waals surface area contributed by atoms with Gasteiger partial charge in [-0.25, -0.2) is 0 Å². The van der Waals surface area contributed by atoms with Gasteiger partial charge in [0, 0.05) is 12.6 Å². The van der Waals surface area contributed by atoms with E-state index in [4.69, 9.17) is 10.5 Å². The third-order valence-electron chi connectivity index (χ3n) is 3.08. The molecule has 1 saturated heterocycles. The molecule has 116 valence electrons. The summed E-state index contributed by atoms with van der Waals surface area (Å²) in [5, 5.41) is 2.68. The van der Waals surface area contributed by atoms with Crippen LogP contribution in [-0.2, 0) is 16.1 Å². The van der Waals surface area contributed by atoms with E-state index < -0.39 is 12.3 Å². The topological polar surface area (TPSA) is 73.6 Å². The molecule has 8 heteroatoms. The van der Waals surface area contributed by atoms with Crippen LogP contribution in [0, 0.1) is 5.92 Å². The number of hydrogen-bond donors (Lipinski definition) is 2. The normalized spacial score (nSPS) is 22.1. The summed E-state index contributed by atoms with van der Waals surface area (Å²) in [6.07, 6.45) is -4.71. The zero-order valence-electron chi connectivity index (χ0n) is 11.0. The summed E-state index contributed by atoms with van der Waals surface area (Å²) in [6.45, 7) is 0.835. The summed E-state index contributed by atoms with van der Waals surface area (Å²) in [5.74, 6) is -0.919. The van der Waals surface area contributed by atoms with Crippen molar-refractivity contribution in [3.63, 3.8) is 0 Å². The number of nitrogens with one attached hydrogen (secondary N) is 1. The lowest BCUT2D eigenvalue weighted by Gasteiger charge is -2.13. The first-order chi connectivity index (χ1) is 9.85. The van der Waals surface area contributed by atoms with E-state index >= 15 is 0 Å². The van der Waals surface area contributed by atoms with Gasteiger partial charge in [0.1, 0.15) is 5.75 Å². The summed E-state index contributed by atoms with van der Waals surface area (Å²) in [5.41, 5.74) is 6.38. The van der Waals surface area contributed by atoms with Gasteiger partial charge in [0.25, 0.3) is 0 Å². The van der Waals surface area contributed by atoms with Crippen molar-refractivity contribution < 1.29 is 27.4 Å². The van der Waals surface area contributed by atoms with Crippen LogP contribution in [0.4, 0.5) is 13.2 Å². The Bertz CT molecular complexity index is 490. The van der Waals surface area contributed by atoms with Crippen molar-refractivity contribution in [3.05, 3.63) is 29.8 Å². The van der Waals surface area contributed by atoms with Crippen LogP contribution in [0.5, 0.6) is 5.75 Å². The van der Waals surface area contributed by atoms with Gasteiger partial charge in [-0.1, -0.05) is 12.1 Å². The number of ether oxygens (including phenoxy) is 2.